The number of fused-ring (bicyclic) bond motifs is 1. The molecule has 41 heavy (non-hydrogen) atoms. The molecule has 0 N–H and O–H groups in total. The minimum atomic E-state index is -0.455. The fourth-order valence-corrected chi connectivity index (χ4v) is 4.72. The van der Waals surface area contributed by atoms with E-state index in [1.165, 1.54) is 12.1 Å². The number of nitrogens with zero attached hydrogens (tertiary/aromatic N) is 2. The number of benzene rings is 4. The molecule has 0 amide bonds. The van der Waals surface area contributed by atoms with Gasteiger partial charge in [0.2, 0.25) is 0 Å². The third-order valence-corrected chi connectivity index (χ3v) is 6.96. The van der Waals surface area contributed by atoms with Crippen LogP contribution in [0, 0.1) is 28.5 Å². The van der Waals surface area contributed by atoms with Crippen LogP contribution in [0.4, 0.5) is 4.39 Å². The molecule has 0 spiro atoms. The van der Waals surface area contributed by atoms with Crippen LogP contribution in [0.25, 0.3) is 21.9 Å². The third kappa shape index (κ3) is 6.73. The molecule has 0 unspecified atom stereocenters. The van der Waals surface area contributed by atoms with Crippen molar-refractivity contribution in [1.82, 2.24) is 0 Å². The van der Waals surface area contributed by atoms with Gasteiger partial charge in [-0.1, -0.05) is 65.2 Å². The highest BCUT2D eigenvalue weighted by Gasteiger charge is 2.23. The molecule has 4 aromatic rings. The van der Waals surface area contributed by atoms with Crippen LogP contribution in [0.1, 0.15) is 80.4 Å². The molecule has 4 rings (SSSR count). The second-order valence-electron chi connectivity index (χ2n) is 11.1. The first-order valence-corrected chi connectivity index (χ1v) is 13.8. The largest absolute Gasteiger partial charge is 0.462 e. The average molecular weight is 549 g/mol. The lowest BCUT2D eigenvalue weighted by Crippen LogP contribution is -2.11. The van der Waals surface area contributed by atoms with Crippen molar-refractivity contribution in [1.29, 1.82) is 10.5 Å². The van der Waals surface area contributed by atoms with E-state index in [1.54, 1.807) is 42.5 Å². The Hall–Kier alpha value is -4.68. The Balaban J connectivity index is 1.81. The topological polar surface area (TPSA) is 83.1 Å². The Morgan fingerprint density at radius 1 is 0.927 bits per heavy atom. The van der Waals surface area contributed by atoms with Crippen LogP contribution in [-0.2, 0) is 10.2 Å². The van der Waals surface area contributed by atoms with E-state index in [2.05, 4.69) is 39.8 Å². The zero-order valence-corrected chi connectivity index (χ0v) is 23.9. The molecule has 0 radical (unpaired) electrons. The predicted octanol–water partition coefficient (Wildman–Crippen LogP) is 9.22. The molecule has 5 nitrogen and oxygen atoms in total. The van der Waals surface area contributed by atoms with Gasteiger partial charge in [-0.15, -0.1) is 0 Å². The summed E-state index contributed by atoms with van der Waals surface area (Å²) in [5, 5.41) is 21.3. The molecule has 0 aliphatic heterocycles. The van der Waals surface area contributed by atoms with Crippen molar-refractivity contribution in [3.05, 3.63) is 94.8 Å². The quantitative estimate of drug-likeness (QED) is 0.154. The fourth-order valence-electron chi connectivity index (χ4n) is 4.72. The van der Waals surface area contributed by atoms with Crippen LogP contribution in [0.5, 0.6) is 11.5 Å². The van der Waals surface area contributed by atoms with E-state index < -0.39 is 5.82 Å². The second-order valence-corrected chi connectivity index (χ2v) is 11.1. The molecule has 0 saturated heterocycles. The normalized spacial score (nSPS) is 11.1. The van der Waals surface area contributed by atoms with Crippen molar-refractivity contribution in [2.45, 2.75) is 58.8 Å². The maximum atomic E-state index is 14.4. The van der Waals surface area contributed by atoms with E-state index in [-0.39, 0.29) is 22.5 Å². The minimum absolute atomic E-state index is 0.149. The summed E-state index contributed by atoms with van der Waals surface area (Å²) in [5.74, 6) is 0.0941. The SMILES string of the molecule is CCCCCCOC(=O)c1ccc(Oc2cc(C(C)(C)C)cc3cc(C#N)c(C#N)c(-c4cccc(F)c4)c23)cc1. The molecule has 0 saturated carbocycles. The summed E-state index contributed by atoms with van der Waals surface area (Å²) in [4.78, 5) is 12.5. The van der Waals surface area contributed by atoms with Crippen molar-refractivity contribution >= 4 is 16.7 Å². The van der Waals surface area contributed by atoms with Gasteiger partial charge in [0.05, 0.1) is 23.3 Å². The number of hydrogen-bond acceptors (Lipinski definition) is 5. The van der Waals surface area contributed by atoms with Crippen LogP contribution in [0.15, 0.2) is 66.7 Å². The van der Waals surface area contributed by atoms with Crippen molar-refractivity contribution in [2.75, 3.05) is 6.61 Å². The molecule has 6 heteroatoms. The summed E-state index contributed by atoms with van der Waals surface area (Å²) in [7, 11) is 0. The van der Waals surface area contributed by atoms with E-state index in [4.69, 9.17) is 9.47 Å². The van der Waals surface area contributed by atoms with Crippen molar-refractivity contribution in [2.24, 2.45) is 0 Å². The van der Waals surface area contributed by atoms with Gasteiger partial charge in [-0.2, -0.15) is 10.5 Å². The standard InChI is InChI=1S/C35H33FN2O3/c1-5-6-7-8-16-40-34(39)23-12-14-29(15-13-23)41-31-20-27(35(2,3)4)18-25-17-26(21-37)30(22-38)32(33(25)31)24-10-9-11-28(36)19-24/h9-15,17-20H,5-8,16H2,1-4H3. The lowest BCUT2D eigenvalue weighted by Gasteiger charge is -2.23. The number of ether oxygens (including phenoxy) is 2. The predicted molar refractivity (Wildman–Crippen MR) is 158 cm³/mol. The number of unbranched alkanes of at least 4 members (excludes halogenated alkanes) is 3. The summed E-state index contributed by atoms with van der Waals surface area (Å²) in [6.45, 7) is 8.73. The van der Waals surface area contributed by atoms with Gasteiger partial charge in [0.1, 0.15) is 29.5 Å². The summed E-state index contributed by atoms with van der Waals surface area (Å²) in [5.41, 5.74) is 2.38. The molecule has 4 aromatic carbocycles. The first-order chi connectivity index (χ1) is 19.7. The molecule has 0 aliphatic carbocycles. The molecular formula is C35H33FN2O3. The van der Waals surface area contributed by atoms with Crippen LogP contribution in [-0.4, -0.2) is 12.6 Å². The van der Waals surface area contributed by atoms with Crippen LogP contribution >= 0.6 is 0 Å². The number of esters is 1. The summed E-state index contributed by atoms with van der Waals surface area (Å²) in [6.07, 6.45) is 4.09. The van der Waals surface area contributed by atoms with E-state index >= 15 is 0 Å². The highest BCUT2D eigenvalue weighted by Crippen LogP contribution is 2.43. The van der Waals surface area contributed by atoms with Gasteiger partial charge in [0.15, 0.2) is 0 Å². The Morgan fingerprint density at radius 2 is 1.68 bits per heavy atom. The van der Waals surface area contributed by atoms with Gasteiger partial charge in [0, 0.05) is 10.9 Å². The Morgan fingerprint density at radius 3 is 2.32 bits per heavy atom. The molecule has 0 fully saturated rings. The van der Waals surface area contributed by atoms with Crippen molar-refractivity contribution in [3.63, 3.8) is 0 Å². The van der Waals surface area contributed by atoms with Crippen molar-refractivity contribution < 1.29 is 18.7 Å². The highest BCUT2D eigenvalue weighted by molar-refractivity contribution is 6.05. The lowest BCUT2D eigenvalue weighted by molar-refractivity contribution is 0.0498. The number of nitriles is 2. The summed E-state index contributed by atoms with van der Waals surface area (Å²) < 4.78 is 26.2. The molecular weight excluding hydrogens is 515 g/mol. The highest BCUT2D eigenvalue weighted by atomic mass is 19.1. The van der Waals surface area contributed by atoms with Gasteiger partial charge < -0.3 is 9.47 Å². The zero-order chi connectivity index (χ0) is 29.6. The van der Waals surface area contributed by atoms with E-state index in [9.17, 15) is 19.7 Å². The number of carbonyl (C=O) groups is 1. The number of halogens is 1. The van der Waals surface area contributed by atoms with E-state index in [0.29, 0.717) is 45.6 Å². The fraction of sp³-hybridized carbons (Fsp3) is 0.286. The van der Waals surface area contributed by atoms with Gasteiger partial charge in [-0.25, -0.2) is 9.18 Å². The average Bonchev–Trinajstić information content (AvgIpc) is 2.95. The Kier molecular flexibility index (Phi) is 9.05. The van der Waals surface area contributed by atoms with Gasteiger partial charge in [0.25, 0.3) is 0 Å². The molecule has 0 bridgehead atoms. The molecule has 0 aliphatic rings. The summed E-state index contributed by atoms with van der Waals surface area (Å²) >= 11 is 0. The minimum Gasteiger partial charge on any atom is -0.462 e. The molecule has 0 aromatic heterocycles. The van der Waals surface area contributed by atoms with Crippen LogP contribution < -0.4 is 4.74 Å². The van der Waals surface area contributed by atoms with E-state index in [1.807, 2.05) is 12.1 Å². The van der Waals surface area contributed by atoms with Crippen LogP contribution in [0.3, 0.4) is 0 Å². The lowest BCUT2D eigenvalue weighted by atomic mass is 9.83. The first kappa shape index (κ1) is 29.3. The molecule has 0 atom stereocenters. The zero-order valence-electron chi connectivity index (χ0n) is 23.9. The first-order valence-electron chi connectivity index (χ1n) is 13.8. The Bertz CT molecular complexity index is 1660. The van der Waals surface area contributed by atoms with Gasteiger partial charge in [-0.05, 0) is 76.9 Å². The number of carbonyl (C=O) groups excluding carboxylic acids is 1. The number of hydrogen-bond donors (Lipinski definition) is 0. The Labute approximate surface area is 240 Å². The van der Waals surface area contributed by atoms with Gasteiger partial charge >= 0.3 is 5.97 Å². The van der Waals surface area contributed by atoms with Crippen LogP contribution in [0.2, 0.25) is 0 Å². The third-order valence-electron chi connectivity index (χ3n) is 6.96. The smallest absolute Gasteiger partial charge is 0.338 e. The monoisotopic (exact) mass is 548 g/mol. The van der Waals surface area contributed by atoms with E-state index in [0.717, 1.165) is 31.2 Å². The number of rotatable bonds is 9. The maximum absolute atomic E-state index is 14.4. The maximum Gasteiger partial charge on any atom is 0.338 e. The molecule has 0 heterocycles. The summed E-state index contributed by atoms with van der Waals surface area (Å²) in [6, 6.07) is 22.5. The molecule has 208 valence electrons. The second kappa shape index (κ2) is 12.7. The van der Waals surface area contributed by atoms with Gasteiger partial charge in [-0.3, -0.25) is 0 Å². The van der Waals surface area contributed by atoms with Crippen molar-refractivity contribution in [3.8, 4) is 34.8 Å².